The molecule has 0 saturated heterocycles. The second kappa shape index (κ2) is 14.9. The molecule has 0 aliphatic carbocycles. The van der Waals surface area contributed by atoms with Gasteiger partial charge in [0, 0.05) is 24.7 Å². The molecule has 1 heterocycles. The van der Waals surface area contributed by atoms with Gasteiger partial charge in [-0.25, -0.2) is 4.98 Å². The van der Waals surface area contributed by atoms with Crippen LogP contribution in [-0.2, 0) is 27.2 Å². The Morgan fingerprint density at radius 2 is 1.62 bits per heavy atom. The fourth-order valence-electron chi connectivity index (χ4n) is 5.11. The zero-order chi connectivity index (χ0) is 29.9. The topological polar surface area (TPSA) is 136 Å². The SMILES string of the molecule is CC(C)C[C@@H](CO)NC(=O)[C@H](Cc1c[nH]cn1)NC(=O)C(CC(=O)Nc1ccccc1)Cc1cccc2ccccc12. The maximum absolute atomic E-state index is 13.9. The van der Waals surface area contributed by atoms with Gasteiger partial charge >= 0.3 is 0 Å². The predicted molar refractivity (Wildman–Crippen MR) is 164 cm³/mol. The van der Waals surface area contributed by atoms with Crippen molar-refractivity contribution in [2.24, 2.45) is 11.8 Å². The molecule has 0 bridgehead atoms. The van der Waals surface area contributed by atoms with Crippen LogP contribution in [0.3, 0.4) is 0 Å². The van der Waals surface area contributed by atoms with Gasteiger partial charge in [0.05, 0.1) is 30.6 Å². The number of para-hydroxylation sites is 1. The number of nitrogens with zero attached hydrogens (tertiary/aromatic N) is 1. The highest BCUT2D eigenvalue weighted by molar-refractivity contribution is 5.96. The summed E-state index contributed by atoms with van der Waals surface area (Å²) in [5.74, 6) is -1.62. The number of carbonyl (C=O) groups excluding carboxylic acids is 3. The Morgan fingerprint density at radius 3 is 2.33 bits per heavy atom. The number of H-pyrrole nitrogens is 1. The minimum atomic E-state index is -0.950. The van der Waals surface area contributed by atoms with Crippen LogP contribution in [0.4, 0.5) is 5.69 Å². The lowest BCUT2D eigenvalue weighted by Gasteiger charge is -2.25. The van der Waals surface area contributed by atoms with Gasteiger partial charge in [-0.3, -0.25) is 14.4 Å². The highest BCUT2D eigenvalue weighted by Crippen LogP contribution is 2.23. The monoisotopic (exact) mass is 569 g/mol. The van der Waals surface area contributed by atoms with Crippen LogP contribution in [0.5, 0.6) is 0 Å². The van der Waals surface area contributed by atoms with Gasteiger partial charge in [-0.05, 0) is 47.2 Å². The third kappa shape index (κ3) is 8.75. The van der Waals surface area contributed by atoms with E-state index in [1.807, 2.05) is 74.5 Å². The summed E-state index contributed by atoms with van der Waals surface area (Å²) in [6, 6.07) is 21.5. The summed E-state index contributed by atoms with van der Waals surface area (Å²) >= 11 is 0. The maximum Gasteiger partial charge on any atom is 0.243 e. The number of amides is 3. The fraction of sp³-hybridized carbons (Fsp3) is 0.333. The number of hydrogen-bond donors (Lipinski definition) is 5. The van der Waals surface area contributed by atoms with Crippen LogP contribution >= 0.6 is 0 Å². The molecule has 1 aromatic heterocycles. The molecular weight excluding hydrogens is 530 g/mol. The Morgan fingerprint density at radius 1 is 0.881 bits per heavy atom. The van der Waals surface area contributed by atoms with Crippen molar-refractivity contribution in [2.75, 3.05) is 11.9 Å². The van der Waals surface area contributed by atoms with Crippen molar-refractivity contribution in [2.45, 2.75) is 51.6 Å². The molecule has 1 unspecified atom stereocenters. The fourth-order valence-corrected chi connectivity index (χ4v) is 5.11. The largest absolute Gasteiger partial charge is 0.394 e. The van der Waals surface area contributed by atoms with Gasteiger partial charge in [-0.15, -0.1) is 0 Å². The van der Waals surface area contributed by atoms with E-state index in [1.54, 1.807) is 18.3 Å². The van der Waals surface area contributed by atoms with Crippen LogP contribution in [0.25, 0.3) is 10.8 Å². The summed E-state index contributed by atoms with van der Waals surface area (Å²) in [6.07, 6.45) is 4.16. The Bertz CT molecular complexity index is 1450. The second-order valence-corrected chi connectivity index (χ2v) is 11.0. The lowest BCUT2D eigenvalue weighted by Crippen LogP contribution is -2.53. The van der Waals surface area contributed by atoms with Crippen molar-refractivity contribution in [1.29, 1.82) is 0 Å². The van der Waals surface area contributed by atoms with Crippen molar-refractivity contribution in [3.8, 4) is 0 Å². The molecule has 4 rings (SSSR count). The average Bonchev–Trinajstić information content (AvgIpc) is 3.49. The van der Waals surface area contributed by atoms with E-state index in [9.17, 15) is 19.5 Å². The number of aromatic amines is 1. The first-order valence-electron chi connectivity index (χ1n) is 14.3. The van der Waals surface area contributed by atoms with E-state index in [-0.39, 0.29) is 31.3 Å². The van der Waals surface area contributed by atoms with Crippen LogP contribution in [-0.4, -0.2) is 51.5 Å². The van der Waals surface area contributed by atoms with E-state index in [0.29, 0.717) is 24.2 Å². The molecule has 9 nitrogen and oxygen atoms in total. The molecule has 3 amide bonds. The van der Waals surface area contributed by atoms with Gasteiger partial charge in [0.15, 0.2) is 0 Å². The molecule has 5 N–H and O–H groups in total. The minimum absolute atomic E-state index is 0.0761. The number of fused-ring (bicyclic) bond motifs is 1. The zero-order valence-electron chi connectivity index (χ0n) is 24.0. The lowest BCUT2D eigenvalue weighted by atomic mass is 9.91. The third-order valence-electron chi connectivity index (χ3n) is 7.13. The number of aliphatic hydroxyl groups is 1. The number of nitrogens with one attached hydrogen (secondary N) is 4. The van der Waals surface area contributed by atoms with Gasteiger partial charge in [0.2, 0.25) is 17.7 Å². The van der Waals surface area contributed by atoms with Crippen LogP contribution in [0, 0.1) is 11.8 Å². The number of aliphatic hydroxyl groups excluding tert-OH is 1. The summed E-state index contributed by atoms with van der Waals surface area (Å²) in [5, 5.41) is 20.6. The molecule has 0 spiro atoms. The summed E-state index contributed by atoms with van der Waals surface area (Å²) in [6.45, 7) is 3.81. The van der Waals surface area contributed by atoms with Gasteiger partial charge < -0.3 is 26.0 Å². The van der Waals surface area contributed by atoms with Crippen LogP contribution in [0.2, 0.25) is 0 Å². The molecular formula is C33H39N5O4. The minimum Gasteiger partial charge on any atom is -0.394 e. The number of benzene rings is 3. The van der Waals surface area contributed by atoms with E-state index in [4.69, 9.17) is 0 Å². The van der Waals surface area contributed by atoms with Gasteiger partial charge in [0.25, 0.3) is 0 Å². The van der Waals surface area contributed by atoms with Crippen LogP contribution in [0.15, 0.2) is 85.3 Å². The molecule has 0 aliphatic rings. The summed E-state index contributed by atoms with van der Waals surface area (Å²) in [4.78, 5) is 47.6. The molecule has 42 heavy (non-hydrogen) atoms. The van der Waals surface area contributed by atoms with Crippen molar-refractivity contribution in [3.63, 3.8) is 0 Å². The van der Waals surface area contributed by atoms with Crippen LogP contribution < -0.4 is 16.0 Å². The van der Waals surface area contributed by atoms with Gasteiger partial charge in [-0.2, -0.15) is 0 Å². The second-order valence-electron chi connectivity index (χ2n) is 11.0. The smallest absolute Gasteiger partial charge is 0.243 e. The Balaban J connectivity index is 1.58. The normalized spacial score (nSPS) is 13.3. The number of carbonyl (C=O) groups is 3. The average molecular weight is 570 g/mol. The standard InChI is InChI=1S/C33H39N5O4/c1-22(2)15-28(20-39)37-33(42)30(18-27-19-34-21-35-27)38-32(41)25(17-31(40)36-26-12-4-3-5-13-26)16-24-11-8-10-23-9-6-7-14-29(23)24/h3-14,19,21-22,25,28,30,39H,15-18,20H2,1-2H3,(H,34,35)(H,36,40)(H,37,42)(H,38,41)/t25?,28-,30-/m0/s1. The molecule has 4 aromatic rings. The molecule has 0 aliphatic heterocycles. The molecule has 9 heteroatoms. The molecule has 0 fully saturated rings. The molecule has 0 radical (unpaired) electrons. The summed E-state index contributed by atoms with van der Waals surface area (Å²) in [7, 11) is 0. The Hall–Kier alpha value is -4.50. The molecule has 220 valence electrons. The van der Waals surface area contributed by atoms with Crippen molar-refractivity contribution in [1.82, 2.24) is 20.6 Å². The number of rotatable bonds is 14. The number of hydrogen-bond acceptors (Lipinski definition) is 5. The third-order valence-corrected chi connectivity index (χ3v) is 7.13. The van der Waals surface area contributed by atoms with Gasteiger partial charge in [0.1, 0.15) is 6.04 Å². The number of anilines is 1. The van der Waals surface area contributed by atoms with E-state index < -0.39 is 29.8 Å². The van der Waals surface area contributed by atoms with Crippen molar-refractivity contribution in [3.05, 3.63) is 96.6 Å². The Labute approximate surface area is 246 Å². The predicted octanol–water partition coefficient (Wildman–Crippen LogP) is 4.00. The first kappa shape index (κ1) is 30.5. The lowest BCUT2D eigenvalue weighted by molar-refractivity contribution is -0.133. The van der Waals surface area contributed by atoms with Crippen molar-refractivity contribution >= 4 is 34.2 Å². The van der Waals surface area contributed by atoms with E-state index in [1.165, 1.54) is 6.33 Å². The van der Waals surface area contributed by atoms with Gasteiger partial charge in [-0.1, -0.05) is 74.5 Å². The first-order valence-corrected chi connectivity index (χ1v) is 14.3. The zero-order valence-corrected chi connectivity index (χ0v) is 24.0. The van der Waals surface area contributed by atoms with Crippen LogP contribution in [0.1, 0.15) is 37.9 Å². The highest BCUT2D eigenvalue weighted by Gasteiger charge is 2.30. The molecule has 3 atom stereocenters. The van der Waals surface area contributed by atoms with E-state index >= 15 is 0 Å². The molecule has 0 saturated carbocycles. The summed E-state index contributed by atoms with van der Waals surface area (Å²) < 4.78 is 0. The summed E-state index contributed by atoms with van der Waals surface area (Å²) in [5.41, 5.74) is 2.18. The van der Waals surface area contributed by atoms with E-state index in [0.717, 1.165) is 16.3 Å². The van der Waals surface area contributed by atoms with Crippen molar-refractivity contribution < 1.29 is 19.5 Å². The quantitative estimate of drug-likeness (QED) is 0.156. The number of imidazole rings is 1. The first-order chi connectivity index (χ1) is 20.3. The van der Waals surface area contributed by atoms with E-state index in [2.05, 4.69) is 25.9 Å². The Kier molecular flexibility index (Phi) is 10.8. The molecule has 3 aromatic carbocycles. The number of aromatic nitrogens is 2. The maximum atomic E-state index is 13.9. The highest BCUT2D eigenvalue weighted by atomic mass is 16.3.